The molecule has 0 aromatic carbocycles. The summed E-state index contributed by atoms with van der Waals surface area (Å²) in [5, 5.41) is 2.92. The van der Waals surface area contributed by atoms with Gasteiger partial charge in [0.2, 0.25) is 5.88 Å². The maximum absolute atomic E-state index is 12.5. The lowest BCUT2D eigenvalue weighted by Crippen LogP contribution is -2.42. The topological polar surface area (TPSA) is 60.5 Å². The number of nitrogens with one attached hydrogen (secondary N) is 1. The Kier molecular flexibility index (Phi) is 7.32. The van der Waals surface area contributed by atoms with Crippen molar-refractivity contribution in [2.75, 3.05) is 18.5 Å². The Balaban J connectivity index is 2.82. The molecule has 1 atom stereocenters. The minimum absolute atomic E-state index is 0.136. The summed E-state index contributed by atoms with van der Waals surface area (Å²) >= 11 is 0. The zero-order valence-corrected chi connectivity index (χ0v) is 14.4. The lowest BCUT2D eigenvalue weighted by molar-refractivity contribution is -0.139. The summed E-state index contributed by atoms with van der Waals surface area (Å²) in [5.74, 6) is 0.446. The molecule has 1 heterocycles. The fourth-order valence-corrected chi connectivity index (χ4v) is 2.26. The third-order valence-corrected chi connectivity index (χ3v) is 3.43. The molecule has 1 amide bonds. The highest BCUT2D eigenvalue weighted by Gasteiger charge is 2.33. The summed E-state index contributed by atoms with van der Waals surface area (Å²) in [6.07, 6.45) is 2.49. The molecule has 1 N–H and O–H groups in total. The van der Waals surface area contributed by atoms with Gasteiger partial charge in [-0.2, -0.15) is 0 Å². The van der Waals surface area contributed by atoms with Gasteiger partial charge in [-0.1, -0.05) is 20.3 Å². The fourth-order valence-electron chi connectivity index (χ4n) is 2.26. The predicted molar refractivity (Wildman–Crippen MR) is 88.3 cm³/mol. The van der Waals surface area contributed by atoms with Gasteiger partial charge < -0.3 is 14.8 Å². The molecule has 0 saturated heterocycles. The minimum atomic E-state index is -0.812. The number of anilines is 1. The first-order chi connectivity index (χ1) is 10.5. The van der Waals surface area contributed by atoms with Crippen molar-refractivity contribution in [3.63, 3.8) is 0 Å². The lowest BCUT2D eigenvalue weighted by atomic mass is 9.99. The second-order valence-electron chi connectivity index (χ2n) is 5.50. The third kappa shape index (κ3) is 4.98. The first-order valence-electron chi connectivity index (χ1n) is 8.02. The van der Waals surface area contributed by atoms with E-state index in [0.717, 1.165) is 18.5 Å². The Labute approximate surface area is 133 Å². The summed E-state index contributed by atoms with van der Waals surface area (Å²) < 4.78 is 11.2. The van der Waals surface area contributed by atoms with E-state index >= 15 is 0 Å². The van der Waals surface area contributed by atoms with Crippen molar-refractivity contribution in [2.24, 2.45) is 0 Å². The van der Waals surface area contributed by atoms with Gasteiger partial charge in [-0.25, -0.2) is 4.98 Å². The van der Waals surface area contributed by atoms with Crippen LogP contribution in [0.2, 0.25) is 0 Å². The van der Waals surface area contributed by atoms with Gasteiger partial charge in [0, 0.05) is 12.7 Å². The number of rotatable bonds is 9. The Morgan fingerprint density at radius 1 is 1.27 bits per heavy atom. The van der Waals surface area contributed by atoms with Crippen molar-refractivity contribution in [3.8, 4) is 5.88 Å². The van der Waals surface area contributed by atoms with Gasteiger partial charge in [-0.3, -0.25) is 4.79 Å². The van der Waals surface area contributed by atoms with Crippen molar-refractivity contribution < 1.29 is 14.3 Å². The summed E-state index contributed by atoms with van der Waals surface area (Å²) in [5.41, 5.74) is 0.612. The first-order valence-corrected chi connectivity index (χ1v) is 8.02. The molecule has 0 saturated carbocycles. The lowest BCUT2D eigenvalue weighted by Gasteiger charge is -2.28. The molecule has 124 valence electrons. The maximum Gasteiger partial charge on any atom is 0.256 e. The fraction of sp³-hybridized carbons (Fsp3) is 0.647. The molecular formula is C17H28N2O3. The zero-order valence-electron chi connectivity index (χ0n) is 14.4. The molecule has 0 fully saturated rings. The van der Waals surface area contributed by atoms with Crippen LogP contribution in [0.15, 0.2) is 12.1 Å². The summed E-state index contributed by atoms with van der Waals surface area (Å²) in [7, 11) is 0. The van der Waals surface area contributed by atoms with Gasteiger partial charge in [0.15, 0.2) is 0 Å². The van der Waals surface area contributed by atoms with E-state index in [-0.39, 0.29) is 5.91 Å². The Bertz CT molecular complexity index is 483. The van der Waals surface area contributed by atoms with Gasteiger partial charge in [-0.05, 0) is 39.7 Å². The highest BCUT2D eigenvalue weighted by molar-refractivity contribution is 5.97. The van der Waals surface area contributed by atoms with Gasteiger partial charge >= 0.3 is 0 Å². The van der Waals surface area contributed by atoms with Crippen LogP contribution in [0.5, 0.6) is 5.88 Å². The first kappa shape index (κ1) is 18.4. The number of carbonyl (C=O) groups excluding carboxylic acids is 1. The number of carbonyl (C=O) groups is 1. The summed E-state index contributed by atoms with van der Waals surface area (Å²) in [6, 6.07) is 3.60. The number of ether oxygens (including phenoxy) is 2. The molecule has 5 nitrogen and oxygen atoms in total. The van der Waals surface area contributed by atoms with E-state index in [1.165, 1.54) is 0 Å². The van der Waals surface area contributed by atoms with Crippen LogP contribution in [-0.4, -0.2) is 29.7 Å². The molecular weight excluding hydrogens is 280 g/mol. The molecule has 0 spiro atoms. The van der Waals surface area contributed by atoms with Crippen LogP contribution in [0.3, 0.4) is 0 Å². The van der Waals surface area contributed by atoms with E-state index in [2.05, 4.69) is 10.3 Å². The quantitative estimate of drug-likeness (QED) is 0.755. The van der Waals surface area contributed by atoms with Gasteiger partial charge in [-0.15, -0.1) is 0 Å². The summed E-state index contributed by atoms with van der Waals surface area (Å²) in [6.45, 7) is 10.8. The normalized spacial score (nSPS) is 13.5. The molecule has 0 bridgehead atoms. The Morgan fingerprint density at radius 3 is 2.55 bits per heavy atom. The second kappa shape index (κ2) is 8.73. The maximum atomic E-state index is 12.5. The van der Waals surface area contributed by atoms with Crippen LogP contribution in [-0.2, 0) is 9.53 Å². The van der Waals surface area contributed by atoms with Crippen LogP contribution in [0.4, 0.5) is 5.69 Å². The predicted octanol–water partition coefficient (Wildman–Crippen LogP) is 3.71. The second-order valence-corrected chi connectivity index (χ2v) is 5.50. The van der Waals surface area contributed by atoms with E-state index in [9.17, 15) is 4.79 Å². The molecule has 1 rings (SSSR count). The van der Waals surface area contributed by atoms with Crippen LogP contribution in [0.1, 0.15) is 52.7 Å². The molecule has 0 radical (unpaired) electrons. The SMILES string of the molecule is CCCOc1ccc(NC(=O)[C@](C)(CCC)OCC)c(C)n1. The number of aromatic nitrogens is 1. The number of amides is 1. The molecule has 1 aromatic heterocycles. The number of hydrogen-bond acceptors (Lipinski definition) is 4. The Hall–Kier alpha value is -1.62. The molecule has 5 heteroatoms. The third-order valence-electron chi connectivity index (χ3n) is 3.43. The molecule has 22 heavy (non-hydrogen) atoms. The van der Waals surface area contributed by atoms with Gasteiger partial charge in [0.1, 0.15) is 5.60 Å². The molecule has 1 aromatic rings. The van der Waals surface area contributed by atoms with E-state index in [1.807, 2.05) is 40.7 Å². The largest absolute Gasteiger partial charge is 0.478 e. The Morgan fingerprint density at radius 2 is 2.00 bits per heavy atom. The van der Waals surface area contributed by atoms with Crippen molar-refractivity contribution in [2.45, 2.75) is 59.5 Å². The summed E-state index contributed by atoms with van der Waals surface area (Å²) in [4.78, 5) is 16.9. The van der Waals surface area contributed by atoms with Gasteiger partial charge in [0.25, 0.3) is 5.91 Å². The average molecular weight is 308 g/mol. The van der Waals surface area contributed by atoms with E-state index in [0.29, 0.717) is 31.2 Å². The van der Waals surface area contributed by atoms with Crippen molar-refractivity contribution in [1.29, 1.82) is 0 Å². The minimum Gasteiger partial charge on any atom is -0.478 e. The van der Waals surface area contributed by atoms with Crippen molar-refractivity contribution in [3.05, 3.63) is 17.8 Å². The van der Waals surface area contributed by atoms with Crippen LogP contribution < -0.4 is 10.1 Å². The van der Waals surface area contributed by atoms with Crippen molar-refractivity contribution >= 4 is 11.6 Å². The highest BCUT2D eigenvalue weighted by Crippen LogP contribution is 2.23. The van der Waals surface area contributed by atoms with Crippen molar-refractivity contribution in [1.82, 2.24) is 4.98 Å². The van der Waals surface area contributed by atoms with Crippen LogP contribution in [0.25, 0.3) is 0 Å². The van der Waals surface area contributed by atoms with E-state index in [4.69, 9.17) is 9.47 Å². The standard InChI is InChI=1S/C17H28N2O3/c1-6-11-17(5,22-8-3)16(20)19-14-9-10-15(18-13(14)4)21-12-7-2/h9-10H,6-8,11-12H2,1-5H3,(H,19,20)/t17-/m0/s1. The monoisotopic (exact) mass is 308 g/mol. The number of aryl methyl sites for hydroxylation is 1. The number of nitrogens with zero attached hydrogens (tertiary/aromatic N) is 1. The molecule has 0 aliphatic heterocycles. The smallest absolute Gasteiger partial charge is 0.256 e. The molecule has 0 aliphatic rings. The average Bonchev–Trinajstić information content (AvgIpc) is 2.48. The van der Waals surface area contributed by atoms with E-state index < -0.39 is 5.60 Å². The zero-order chi connectivity index (χ0) is 16.6. The number of hydrogen-bond donors (Lipinski definition) is 1. The molecule has 0 aliphatic carbocycles. The molecule has 0 unspecified atom stereocenters. The van der Waals surface area contributed by atoms with Gasteiger partial charge in [0.05, 0.1) is 18.0 Å². The van der Waals surface area contributed by atoms with Crippen LogP contribution >= 0.6 is 0 Å². The van der Waals surface area contributed by atoms with Crippen LogP contribution in [0, 0.1) is 6.92 Å². The number of pyridine rings is 1. The van der Waals surface area contributed by atoms with E-state index in [1.54, 1.807) is 6.07 Å². The highest BCUT2D eigenvalue weighted by atomic mass is 16.5.